The normalized spacial score (nSPS) is 11.0. The zero-order chi connectivity index (χ0) is 21.8. The molecule has 0 saturated heterocycles. The van der Waals surface area contributed by atoms with Crippen molar-refractivity contribution in [1.82, 2.24) is 9.99 Å². The second kappa shape index (κ2) is 8.92. The van der Waals surface area contributed by atoms with Gasteiger partial charge in [0.1, 0.15) is 5.82 Å². The smallest absolute Gasteiger partial charge is 0.318 e. The van der Waals surface area contributed by atoms with Crippen LogP contribution >= 0.6 is 11.6 Å². The molecular formula is C22H20ClFN4O2. The number of nitrogens with zero attached hydrogens (tertiary/aromatic N) is 2. The zero-order valence-electron chi connectivity index (χ0n) is 16.7. The number of halogens is 2. The van der Waals surface area contributed by atoms with Gasteiger partial charge in [-0.15, -0.1) is 0 Å². The van der Waals surface area contributed by atoms with Crippen LogP contribution in [0, 0.1) is 26.6 Å². The maximum atomic E-state index is 12.9. The molecular weight excluding hydrogens is 407 g/mol. The molecule has 0 saturated carbocycles. The molecule has 8 heteroatoms. The second-order valence-electron chi connectivity index (χ2n) is 6.76. The van der Waals surface area contributed by atoms with Gasteiger partial charge in [0.05, 0.1) is 6.21 Å². The summed E-state index contributed by atoms with van der Waals surface area (Å²) in [5, 5.41) is 6.92. The zero-order valence-corrected chi connectivity index (χ0v) is 17.4. The van der Waals surface area contributed by atoms with Gasteiger partial charge in [-0.25, -0.2) is 9.82 Å². The molecule has 0 bridgehead atoms. The Kier molecular flexibility index (Phi) is 6.32. The molecule has 3 rings (SSSR count). The lowest BCUT2D eigenvalue weighted by atomic mass is 10.2. The van der Waals surface area contributed by atoms with E-state index in [2.05, 4.69) is 15.8 Å². The first-order valence-electron chi connectivity index (χ1n) is 9.11. The van der Waals surface area contributed by atoms with Crippen LogP contribution in [-0.2, 0) is 9.59 Å². The van der Waals surface area contributed by atoms with Crippen LogP contribution in [0.2, 0.25) is 5.02 Å². The van der Waals surface area contributed by atoms with E-state index in [1.54, 1.807) is 0 Å². The Bertz CT molecular complexity index is 1140. The number of amides is 2. The summed E-state index contributed by atoms with van der Waals surface area (Å²) >= 11 is 6.25. The minimum absolute atomic E-state index is 0.306. The maximum absolute atomic E-state index is 12.9. The van der Waals surface area contributed by atoms with Crippen LogP contribution in [0.4, 0.5) is 10.1 Å². The van der Waals surface area contributed by atoms with Crippen molar-refractivity contribution in [3.05, 3.63) is 81.9 Å². The number of nitrogens with one attached hydrogen (secondary N) is 2. The summed E-state index contributed by atoms with van der Waals surface area (Å²) in [7, 11) is 0. The SMILES string of the molecule is Cc1ccc(-n2c(C)cc(/C=N\NC(=O)C(=O)Nc3ccc(F)cc3)c2C)cc1Cl. The second-order valence-corrected chi connectivity index (χ2v) is 7.16. The molecule has 1 aromatic heterocycles. The Labute approximate surface area is 178 Å². The van der Waals surface area contributed by atoms with Gasteiger partial charge < -0.3 is 9.88 Å². The van der Waals surface area contributed by atoms with Gasteiger partial charge in [0, 0.05) is 33.3 Å². The number of hydrazone groups is 1. The van der Waals surface area contributed by atoms with Crippen molar-refractivity contribution in [2.45, 2.75) is 20.8 Å². The van der Waals surface area contributed by atoms with Gasteiger partial charge in [0.2, 0.25) is 0 Å². The van der Waals surface area contributed by atoms with E-state index in [1.807, 2.05) is 49.6 Å². The highest BCUT2D eigenvalue weighted by molar-refractivity contribution is 6.39. The van der Waals surface area contributed by atoms with E-state index < -0.39 is 17.6 Å². The molecule has 0 spiro atoms. The lowest BCUT2D eigenvalue weighted by Crippen LogP contribution is -2.32. The summed E-state index contributed by atoms with van der Waals surface area (Å²) in [6.45, 7) is 5.81. The minimum Gasteiger partial charge on any atom is -0.318 e. The first kappa shape index (κ1) is 21.3. The van der Waals surface area contributed by atoms with Gasteiger partial charge in [-0.3, -0.25) is 9.59 Å². The molecule has 3 aromatic rings. The van der Waals surface area contributed by atoms with Crippen molar-refractivity contribution < 1.29 is 14.0 Å². The lowest BCUT2D eigenvalue weighted by molar-refractivity contribution is -0.136. The van der Waals surface area contributed by atoms with Crippen LogP contribution in [0.1, 0.15) is 22.5 Å². The monoisotopic (exact) mass is 426 g/mol. The van der Waals surface area contributed by atoms with Gasteiger partial charge in [-0.2, -0.15) is 5.10 Å². The number of aryl methyl sites for hydroxylation is 2. The standard InChI is InChI=1S/C22H20ClFN4O2/c1-13-4-9-19(11-20(13)23)28-14(2)10-16(15(28)3)12-25-27-22(30)21(29)26-18-7-5-17(24)6-8-18/h4-12H,1-3H3,(H,26,29)(H,27,30)/b25-12-. The summed E-state index contributed by atoms with van der Waals surface area (Å²) < 4.78 is 14.9. The molecule has 2 aromatic carbocycles. The first-order valence-corrected chi connectivity index (χ1v) is 9.49. The van der Waals surface area contributed by atoms with Gasteiger partial charge in [0.25, 0.3) is 0 Å². The number of benzene rings is 2. The molecule has 0 aliphatic heterocycles. The van der Waals surface area contributed by atoms with Crippen molar-refractivity contribution in [2.24, 2.45) is 5.10 Å². The van der Waals surface area contributed by atoms with Gasteiger partial charge in [-0.1, -0.05) is 17.7 Å². The topological polar surface area (TPSA) is 75.5 Å². The Hall–Kier alpha value is -3.45. The number of hydrogen-bond acceptors (Lipinski definition) is 3. The van der Waals surface area contributed by atoms with Crippen molar-refractivity contribution in [2.75, 3.05) is 5.32 Å². The molecule has 0 radical (unpaired) electrons. The van der Waals surface area contributed by atoms with E-state index in [-0.39, 0.29) is 0 Å². The lowest BCUT2D eigenvalue weighted by Gasteiger charge is -2.11. The molecule has 2 amide bonds. The van der Waals surface area contributed by atoms with E-state index in [4.69, 9.17) is 11.6 Å². The Morgan fingerprint density at radius 1 is 1.03 bits per heavy atom. The average Bonchev–Trinajstić information content (AvgIpc) is 2.99. The first-order chi connectivity index (χ1) is 14.3. The van der Waals surface area contributed by atoms with E-state index in [1.165, 1.54) is 30.5 Å². The van der Waals surface area contributed by atoms with Gasteiger partial charge in [-0.05, 0) is 68.8 Å². The van der Waals surface area contributed by atoms with E-state index in [9.17, 15) is 14.0 Å². The van der Waals surface area contributed by atoms with Crippen LogP contribution in [0.15, 0.2) is 53.6 Å². The van der Waals surface area contributed by atoms with Crippen molar-refractivity contribution in [3.8, 4) is 5.69 Å². The van der Waals surface area contributed by atoms with Crippen LogP contribution < -0.4 is 10.7 Å². The highest BCUT2D eigenvalue weighted by Gasteiger charge is 2.14. The molecule has 2 N–H and O–H groups in total. The third-order valence-corrected chi connectivity index (χ3v) is 4.97. The number of rotatable bonds is 4. The predicted octanol–water partition coefficient (Wildman–Crippen LogP) is 4.28. The van der Waals surface area contributed by atoms with Crippen molar-refractivity contribution in [1.29, 1.82) is 0 Å². The van der Waals surface area contributed by atoms with Crippen molar-refractivity contribution in [3.63, 3.8) is 0 Å². The summed E-state index contributed by atoms with van der Waals surface area (Å²) in [5.74, 6) is -2.28. The maximum Gasteiger partial charge on any atom is 0.329 e. The molecule has 0 fully saturated rings. The molecule has 6 nitrogen and oxygen atoms in total. The fourth-order valence-corrected chi connectivity index (χ4v) is 3.14. The number of aromatic nitrogens is 1. The molecule has 0 atom stereocenters. The Morgan fingerprint density at radius 3 is 2.40 bits per heavy atom. The van der Waals surface area contributed by atoms with Gasteiger partial charge in [0.15, 0.2) is 0 Å². The molecule has 0 aliphatic rings. The molecule has 0 unspecified atom stereocenters. The highest BCUT2D eigenvalue weighted by Crippen LogP contribution is 2.24. The summed E-state index contributed by atoms with van der Waals surface area (Å²) in [4.78, 5) is 23.8. The molecule has 154 valence electrons. The number of carbonyl (C=O) groups excluding carboxylic acids is 2. The number of anilines is 1. The van der Waals surface area contributed by atoms with Crippen molar-refractivity contribution >= 4 is 35.3 Å². The molecule has 0 aliphatic carbocycles. The van der Waals surface area contributed by atoms with Crippen LogP contribution in [0.5, 0.6) is 0 Å². The summed E-state index contributed by atoms with van der Waals surface area (Å²) in [6, 6.07) is 12.8. The fourth-order valence-electron chi connectivity index (χ4n) is 2.97. The van der Waals surface area contributed by atoms with Crippen LogP contribution in [-0.4, -0.2) is 22.6 Å². The van der Waals surface area contributed by atoms with Crippen LogP contribution in [0.3, 0.4) is 0 Å². The number of hydrogen-bond donors (Lipinski definition) is 2. The summed E-state index contributed by atoms with van der Waals surface area (Å²) in [6.07, 6.45) is 1.47. The third-order valence-electron chi connectivity index (χ3n) is 4.56. The van der Waals surface area contributed by atoms with E-state index in [0.717, 1.165) is 28.2 Å². The van der Waals surface area contributed by atoms with E-state index >= 15 is 0 Å². The molecule has 30 heavy (non-hydrogen) atoms. The van der Waals surface area contributed by atoms with Gasteiger partial charge >= 0.3 is 11.8 Å². The highest BCUT2D eigenvalue weighted by atomic mass is 35.5. The predicted molar refractivity (Wildman–Crippen MR) is 116 cm³/mol. The molecule has 1 heterocycles. The van der Waals surface area contributed by atoms with E-state index in [0.29, 0.717) is 10.7 Å². The Morgan fingerprint density at radius 2 is 1.73 bits per heavy atom. The third kappa shape index (κ3) is 4.75. The summed E-state index contributed by atoms with van der Waals surface area (Å²) in [5.41, 5.74) is 7.06. The minimum atomic E-state index is -0.935. The largest absolute Gasteiger partial charge is 0.329 e. The fraction of sp³-hybridized carbons (Fsp3) is 0.136. The van der Waals surface area contributed by atoms with Crippen LogP contribution in [0.25, 0.3) is 5.69 Å². The quantitative estimate of drug-likeness (QED) is 0.371. The Balaban J connectivity index is 1.69. The average molecular weight is 427 g/mol. The number of carbonyl (C=O) groups is 2.